The Morgan fingerprint density at radius 2 is 2.20 bits per heavy atom. The number of hydrogen-bond donors (Lipinski definition) is 1. The lowest BCUT2D eigenvalue weighted by molar-refractivity contribution is 0.0527. The van der Waals surface area contributed by atoms with Crippen LogP contribution in [0.5, 0.6) is 0 Å². The molecule has 1 saturated heterocycles. The van der Waals surface area contributed by atoms with Gasteiger partial charge in [-0.1, -0.05) is 13.0 Å². The molecule has 0 aromatic heterocycles. The Balaban J connectivity index is 2.31. The second-order valence-corrected chi connectivity index (χ2v) is 5.49. The lowest BCUT2D eigenvalue weighted by atomic mass is 10.0. The van der Waals surface area contributed by atoms with Crippen LogP contribution in [0.3, 0.4) is 0 Å². The average Bonchev–Trinajstić information content (AvgIpc) is 2.63. The van der Waals surface area contributed by atoms with E-state index in [1.807, 2.05) is 19.1 Å². The molecule has 4 heteroatoms. The maximum Gasteiger partial charge on any atom is 0.340 e. The highest BCUT2D eigenvalue weighted by Gasteiger charge is 2.22. The van der Waals surface area contributed by atoms with Gasteiger partial charge in [-0.3, -0.25) is 0 Å². The summed E-state index contributed by atoms with van der Waals surface area (Å²) in [6.07, 6.45) is 3.51. The molecule has 0 bridgehead atoms. The van der Waals surface area contributed by atoms with E-state index in [1.54, 1.807) is 6.07 Å². The van der Waals surface area contributed by atoms with Crippen LogP contribution < -0.4 is 10.6 Å². The van der Waals surface area contributed by atoms with Gasteiger partial charge in [-0.15, -0.1) is 0 Å². The smallest absolute Gasteiger partial charge is 0.340 e. The van der Waals surface area contributed by atoms with Crippen molar-refractivity contribution in [1.29, 1.82) is 0 Å². The van der Waals surface area contributed by atoms with Gasteiger partial charge in [0.25, 0.3) is 0 Å². The summed E-state index contributed by atoms with van der Waals surface area (Å²) in [5, 5.41) is 0. The molecule has 1 unspecified atom stereocenters. The fourth-order valence-electron chi connectivity index (χ4n) is 2.77. The van der Waals surface area contributed by atoms with Gasteiger partial charge in [0.15, 0.2) is 0 Å². The van der Waals surface area contributed by atoms with Crippen LogP contribution in [0.1, 0.15) is 43.5 Å². The summed E-state index contributed by atoms with van der Waals surface area (Å²) in [6, 6.07) is 5.47. The number of hydrogen-bond acceptors (Lipinski definition) is 4. The van der Waals surface area contributed by atoms with Crippen molar-refractivity contribution in [3.05, 3.63) is 23.8 Å². The molecule has 0 radical (unpaired) electrons. The van der Waals surface area contributed by atoms with Crippen LogP contribution in [0.25, 0.3) is 0 Å². The molecule has 0 spiro atoms. The van der Waals surface area contributed by atoms with Gasteiger partial charge in [0.2, 0.25) is 0 Å². The molecule has 2 N–H and O–H groups in total. The third kappa shape index (κ3) is 3.24. The van der Waals surface area contributed by atoms with Crippen LogP contribution >= 0.6 is 0 Å². The number of anilines is 2. The second kappa shape index (κ2) is 6.64. The minimum atomic E-state index is -0.285. The number of rotatable bonds is 3. The van der Waals surface area contributed by atoms with Crippen LogP contribution in [0.2, 0.25) is 0 Å². The molecule has 0 aliphatic carbocycles. The quantitative estimate of drug-likeness (QED) is 0.681. The predicted molar refractivity (Wildman–Crippen MR) is 82.0 cm³/mol. The van der Waals surface area contributed by atoms with E-state index in [9.17, 15) is 4.79 Å². The third-order valence-corrected chi connectivity index (χ3v) is 3.90. The van der Waals surface area contributed by atoms with E-state index in [2.05, 4.69) is 11.8 Å². The number of nitrogens with two attached hydrogens (primary N) is 1. The molecule has 4 nitrogen and oxygen atoms in total. The van der Waals surface area contributed by atoms with Gasteiger partial charge < -0.3 is 15.4 Å². The Hall–Kier alpha value is -1.71. The predicted octanol–water partition coefficient (Wildman–Crippen LogP) is 3.07. The summed E-state index contributed by atoms with van der Waals surface area (Å²) in [5.74, 6) is 0.447. The van der Waals surface area contributed by atoms with Gasteiger partial charge >= 0.3 is 5.97 Å². The van der Waals surface area contributed by atoms with Crippen molar-refractivity contribution in [3.8, 4) is 0 Å². The lowest BCUT2D eigenvalue weighted by Crippen LogP contribution is -2.27. The highest BCUT2D eigenvalue weighted by atomic mass is 16.5. The number of nitrogen functional groups attached to an aromatic ring is 1. The minimum absolute atomic E-state index is 0.285. The normalized spacial score (nSPS) is 19.5. The number of carbonyl (C=O) groups excluding carboxylic acids is 1. The van der Waals surface area contributed by atoms with Crippen molar-refractivity contribution in [1.82, 2.24) is 0 Å². The monoisotopic (exact) mass is 276 g/mol. The van der Waals surface area contributed by atoms with Crippen molar-refractivity contribution in [2.24, 2.45) is 5.92 Å². The molecule has 20 heavy (non-hydrogen) atoms. The molecule has 1 aliphatic rings. The Bertz CT molecular complexity index is 474. The molecule has 1 heterocycles. The molecule has 1 atom stereocenters. The molecule has 1 aromatic carbocycles. The van der Waals surface area contributed by atoms with E-state index in [1.165, 1.54) is 6.42 Å². The van der Waals surface area contributed by atoms with Gasteiger partial charge in [-0.2, -0.15) is 0 Å². The van der Waals surface area contributed by atoms with E-state index in [4.69, 9.17) is 10.5 Å². The van der Waals surface area contributed by atoms with Gasteiger partial charge in [-0.25, -0.2) is 4.79 Å². The first-order valence-electron chi connectivity index (χ1n) is 7.44. The maximum absolute atomic E-state index is 12.1. The summed E-state index contributed by atoms with van der Waals surface area (Å²) >= 11 is 0. The second-order valence-electron chi connectivity index (χ2n) is 5.49. The van der Waals surface area contributed by atoms with Gasteiger partial charge in [0.05, 0.1) is 23.5 Å². The number of carbonyl (C=O) groups is 1. The third-order valence-electron chi connectivity index (χ3n) is 3.90. The van der Waals surface area contributed by atoms with E-state index < -0.39 is 0 Å². The fourth-order valence-corrected chi connectivity index (χ4v) is 2.77. The fraction of sp³-hybridized carbons (Fsp3) is 0.562. The molecule has 1 aromatic rings. The summed E-state index contributed by atoms with van der Waals surface area (Å²) in [5.41, 5.74) is 8.21. The first-order chi connectivity index (χ1) is 9.63. The molecule has 1 fully saturated rings. The Morgan fingerprint density at radius 3 is 2.95 bits per heavy atom. The summed E-state index contributed by atoms with van der Waals surface area (Å²) < 4.78 is 5.15. The molecule has 110 valence electrons. The van der Waals surface area contributed by atoms with Crippen molar-refractivity contribution < 1.29 is 9.53 Å². The standard InChI is InChI=1S/C16H24N2O2/c1-3-20-16(19)13-7-4-8-14(17)15(13)18-10-5-6-12(2)9-11-18/h4,7-8,12H,3,5-6,9-11,17H2,1-2H3. The van der Waals surface area contributed by atoms with Crippen molar-refractivity contribution in [2.45, 2.75) is 33.1 Å². The van der Waals surface area contributed by atoms with Crippen LogP contribution in [0.4, 0.5) is 11.4 Å². The Labute approximate surface area is 120 Å². The summed E-state index contributed by atoms with van der Waals surface area (Å²) in [7, 11) is 0. The van der Waals surface area contributed by atoms with Crippen molar-refractivity contribution in [2.75, 3.05) is 30.3 Å². The zero-order valence-electron chi connectivity index (χ0n) is 12.4. The highest BCUT2D eigenvalue weighted by Crippen LogP contribution is 2.31. The van der Waals surface area contributed by atoms with E-state index in [0.29, 0.717) is 17.9 Å². The SMILES string of the molecule is CCOC(=O)c1cccc(N)c1N1CCCC(C)CC1. The highest BCUT2D eigenvalue weighted by molar-refractivity contribution is 5.99. The van der Waals surface area contributed by atoms with Gasteiger partial charge in [-0.05, 0) is 44.2 Å². The summed E-state index contributed by atoms with van der Waals surface area (Å²) in [6.45, 7) is 6.37. The first kappa shape index (κ1) is 14.7. The molecular formula is C16H24N2O2. The molecular weight excluding hydrogens is 252 g/mol. The van der Waals surface area contributed by atoms with E-state index in [0.717, 1.165) is 37.5 Å². The minimum Gasteiger partial charge on any atom is -0.462 e. The number of esters is 1. The van der Waals surface area contributed by atoms with Crippen LogP contribution in [0.15, 0.2) is 18.2 Å². The van der Waals surface area contributed by atoms with Gasteiger partial charge in [0.1, 0.15) is 0 Å². The molecule has 0 saturated carbocycles. The zero-order valence-corrected chi connectivity index (χ0v) is 12.4. The topological polar surface area (TPSA) is 55.6 Å². The first-order valence-corrected chi connectivity index (χ1v) is 7.44. The molecule has 0 amide bonds. The van der Waals surface area contributed by atoms with Crippen LogP contribution in [0, 0.1) is 5.92 Å². The lowest BCUT2D eigenvalue weighted by Gasteiger charge is -2.26. The Kier molecular flexibility index (Phi) is 4.88. The van der Waals surface area contributed by atoms with E-state index >= 15 is 0 Å². The number of nitrogens with zero attached hydrogens (tertiary/aromatic N) is 1. The number of ether oxygens (including phenoxy) is 1. The average molecular weight is 276 g/mol. The molecule has 2 rings (SSSR count). The summed E-state index contributed by atoms with van der Waals surface area (Å²) in [4.78, 5) is 14.3. The van der Waals surface area contributed by atoms with Crippen LogP contribution in [-0.4, -0.2) is 25.7 Å². The van der Waals surface area contributed by atoms with E-state index in [-0.39, 0.29) is 5.97 Å². The largest absolute Gasteiger partial charge is 0.462 e. The van der Waals surface area contributed by atoms with Crippen LogP contribution in [-0.2, 0) is 4.74 Å². The van der Waals surface area contributed by atoms with Gasteiger partial charge in [0, 0.05) is 13.1 Å². The number of benzene rings is 1. The zero-order chi connectivity index (χ0) is 14.5. The maximum atomic E-state index is 12.1. The molecule has 1 aliphatic heterocycles. The number of para-hydroxylation sites is 1. The van der Waals surface area contributed by atoms with Crippen molar-refractivity contribution >= 4 is 17.3 Å². The Morgan fingerprint density at radius 1 is 1.40 bits per heavy atom. The van der Waals surface area contributed by atoms with Crippen molar-refractivity contribution in [3.63, 3.8) is 0 Å².